The van der Waals surface area contributed by atoms with E-state index in [1.807, 2.05) is 0 Å². The zero-order chi connectivity index (χ0) is 21.4. The van der Waals surface area contributed by atoms with E-state index in [0.29, 0.717) is 17.5 Å². The molecule has 10 heteroatoms. The molecule has 29 heavy (non-hydrogen) atoms. The number of rotatable bonds is 4. The minimum absolute atomic E-state index is 0.0126. The van der Waals surface area contributed by atoms with Crippen LogP contribution in [0.25, 0.3) is 10.8 Å². The molecule has 0 fully saturated rings. The third-order valence-electron chi connectivity index (χ3n) is 4.14. The van der Waals surface area contributed by atoms with Gasteiger partial charge in [-0.05, 0) is 46.7 Å². The molecular weight excluding hydrogens is 420 g/mol. The zero-order valence-electron chi connectivity index (χ0n) is 14.5. The highest BCUT2D eigenvalue weighted by Gasteiger charge is 2.36. The summed E-state index contributed by atoms with van der Waals surface area (Å²) in [5, 5.41) is 1.40. The van der Waals surface area contributed by atoms with Crippen LogP contribution in [0.4, 0.5) is 26.3 Å². The Kier molecular flexibility index (Phi) is 5.35. The number of hydrogen-bond donors (Lipinski definition) is 1. The fraction of sp³-hybridized carbons (Fsp3) is 0.158. The highest BCUT2D eigenvalue weighted by atomic mass is 32.2. The first-order valence-electron chi connectivity index (χ1n) is 8.13. The lowest BCUT2D eigenvalue weighted by Gasteiger charge is -2.15. The van der Waals surface area contributed by atoms with Crippen LogP contribution in [0.5, 0.6) is 0 Å². The van der Waals surface area contributed by atoms with Gasteiger partial charge in [0.2, 0.25) is 10.0 Å². The Bertz CT molecular complexity index is 1120. The van der Waals surface area contributed by atoms with Crippen LogP contribution in [0.3, 0.4) is 0 Å². The maximum atomic E-state index is 12.9. The number of sulfonamides is 1. The molecule has 3 rings (SSSR count). The van der Waals surface area contributed by atoms with Gasteiger partial charge < -0.3 is 0 Å². The third-order valence-corrected chi connectivity index (χ3v) is 5.54. The van der Waals surface area contributed by atoms with E-state index in [1.54, 1.807) is 30.3 Å². The van der Waals surface area contributed by atoms with E-state index in [1.165, 1.54) is 12.1 Å². The fourth-order valence-corrected chi connectivity index (χ4v) is 3.77. The second kappa shape index (κ2) is 7.34. The molecule has 0 aliphatic rings. The van der Waals surface area contributed by atoms with Crippen molar-refractivity contribution in [3.8, 4) is 0 Å². The molecular formula is C19H13F6NO2S. The summed E-state index contributed by atoms with van der Waals surface area (Å²) >= 11 is 0. The van der Waals surface area contributed by atoms with Crippen LogP contribution in [0.2, 0.25) is 0 Å². The van der Waals surface area contributed by atoms with E-state index in [-0.39, 0.29) is 11.0 Å². The second-order valence-corrected chi connectivity index (χ2v) is 8.01. The summed E-state index contributed by atoms with van der Waals surface area (Å²) in [6.07, 6.45) is -10.0. The monoisotopic (exact) mass is 433 g/mol. The smallest absolute Gasteiger partial charge is 0.207 e. The highest BCUT2D eigenvalue weighted by Crippen LogP contribution is 2.36. The van der Waals surface area contributed by atoms with Gasteiger partial charge in [-0.2, -0.15) is 26.3 Å². The molecule has 0 spiro atoms. The van der Waals surface area contributed by atoms with Crippen LogP contribution < -0.4 is 4.72 Å². The maximum absolute atomic E-state index is 12.9. The number of alkyl halides is 6. The molecule has 154 valence electrons. The van der Waals surface area contributed by atoms with E-state index in [0.717, 1.165) is 5.39 Å². The molecule has 0 radical (unpaired) electrons. The van der Waals surface area contributed by atoms with Crippen molar-refractivity contribution in [2.24, 2.45) is 0 Å². The molecule has 1 N–H and O–H groups in total. The van der Waals surface area contributed by atoms with Gasteiger partial charge in [0.15, 0.2) is 0 Å². The van der Waals surface area contributed by atoms with Gasteiger partial charge in [-0.25, -0.2) is 13.1 Å². The average Bonchev–Trinajstić information content (AvgIpc) is 2.64. The predicted octanol–water partition coefficient (Wildman–Crippen LogP) is 5.36. The molecule has 3 aromatic carbocycles. The molecule has 0 bridgehead atoms. The van der Waals surface area contributed by atoms with Crippen molar-refractivity contribution in [3.63, 3.8) is 0 Å². The molecule has 0 aliphatic heterocycles. The van der Waals surface area contributed by atoms with Gasteiger partial charge in [0, 0.05) is 6.54 Å². The fourth-order valence-electron chi connectivity index (χ4n) is 2.72. The van der Waals surface area contributed by atoms with Crippen LogP contribution in [-0.4, -0.2) is 8.42 Å². The summed E-state index contributed by atoms with van der Waals surface area (Å²) in [5.41, 5.74) is -3.48. The zero-order valence-corrected chi connectivity index (χ0v) is 15.3. The topological polar surface area (TPSA) is 46.2 Å². The van der Waals surface area contributed by atoms with Gasteiger partial charge in [-0.15, -0.1) is 0 Å². The van der Waals surface area contributed by atoms with E-state index in [4.69, 9.17) is 0 Å². The van der Waals surface area contributed by atoms with Crippen molar-refractivity contribution < 1.29 is 34.8 Å². The Balaban J connectivity index is 1.91. The molecule has 0 heterocycles. The lowest BCUT2D eigenvalue weighted by Crippen LogP contribution is -2.24. The average molecular weight is 433 g/mol. The standard InChI is InChI=1S/C19H13F6NO2S/c20-18(21,22)15-7-12(8-16(10-15)19(23,24)25)11-26-29(27,28)17-6-5-13-3-1-2-4-14(13)9-17/h1-10,26H,11H2. The van der Waals surface area contributed by atoms with Gasteiger partial charge >= 0.3 is 12.4 Å². The van der Waals surface area contributed by atoms with Gasteiger partial charge in [-0.1, -0.05) is 30.3 Å². The first-order valence-corrected chi connectivity index (χ1v) is 9.61. The lowest BCUT2D eigenvalue weighted by atomic mass is 10.0. The Morgan fingerprint density at radius 2 is 1.28 bits per heavy atom. The normalized spacial score (nSPS) is 13.0. The van der Waals surface area contributed by atoms with E-state index >= 15 is 0 Å². The summed E-state index contributed by atoms with van der Waals surface area (Å²) in [4.78, 5) is -0.153. The Morgan fingerprint density at radius 3 is 1.83 bits per heavy atom. The van der Waals surface area contributed by atoms with Crippen molar-refractivity contribution in [3.05, 3.63) is 77.4 Å². The Hall–Kier alpha value is -2.59. The number of nitrogens with one attached hydrogen (secondary N) is 1. The van der Waals surface area contributed by atoms with Crippen LogP contribution in [0.15, 0.2) is 65.6 Å². The van der Waals surface area contributed by atoms with E-state index in [2.05, 4.69) is 4.72 Å². The minimum Gasteiger partial charge on any atom is -0.207 e. The summed E-state index contributed by atoms with van der Waals surface area (Å²) in [7, 11) is -4.16. The molecule has 3 nitrogen and oxygen atoms in total. The van der Waals surface area contributed by atoms with Crippen molar-refractivity contribution >= 4 is 20.8 Å². The first-order chi connectivity index (χ1) is 13.4. The maximum Gasteiger partial charge on any atom is 0.416 e. The van der Waals surface area contributed by atoms with Gasteiger partial charge in [-0.3, -0.25) is 0 Å². The predicted molar refractivity (Wildman–Crippen MR) is 94.4 cm³/mol. The van der Waals surface area contributed by atoms with Crippen molar-refractivity contribution in [2.45, 2.75) is 23.8 Å². The van der Waals surface area contributed by atoms with Crippen LogP contribution in [0.1, 0.15) is 16.7 Å². The van der Waals surface area contributed by atoms with Crippen LogP contribution in [-0.2, 0) is 28.9 Å². The quantitative estimate of drug-likeness (QED) is 0.564. The molecule has 3 aromatic rings. The summed E-state index contributed by atoms with van der Waals surface area (Å²) in [6.45, 7) is -0.734. The third kappa shape index (κ3) is 4.88. The molecule has 0 aliphatic carbocycles. The highest BCUT2D eigenvalue weighted by molar-refractivity contribution is 7.89. The molecule has 0 amide bonds. The van der Waals surface area contributed by atoms with Crippen molar-refractivity contribution in [1.82, 2.24) is 4.72 Å². The number of hydrogen-bond acceptors (Lipinski definition) is 2. The lowest BCUT2D eigenvalue weighted by molar-refractivity contribution is -0.143. The van der Waals surface area contributed by atoms with Gasteiger partial charge in [0.05, 0.1) is 16.0 Å². The van der Waals surface area contributed by atoms with Crippen molar-refractivity contribution in [2.75, 3.05) is 0 Å². The first kappa shape index (κ1) is 21.1. The Morgan fingerprint density at radius 1 is 0.724 bits per heavy atom. The molecule has 0 aromatic heterocycles. The largest absolute Gasteiger partial charge is 0.416 e. The number of fused-ring (bicyclic) bond motifs is 1. The molecule has 0 unspecified atom stereocenters. The second-order valence-electron chi connectivity index (χ2n) is 6.25. The van der Waals surface area contributed by atoms with Crippen LogP contribution >= 0.6 is 0 Å². The summed E-state index contributed by atoms with van der Waals surface area (Å²) in [6, 6.07) is 12.1. The number of halogens is 6. The summed E-state index contributed by atoms with van der Waals surface area (Å²) < 4.78 is 104. The van der Waals surface area contributed by atoms with Gasteiger partial charge in [0.1, 0.15) is 0 Å². The number of benzene rings is 3. The van der Waals surface area contributed by atoms with Crippen LogP contribution in [0, 0.1) is 0 Å². The molecule has 0 atom stereocenters. The minimum atomic E-state index is -5.01. The molecule has 0 saturated heterocycles. The summed E-state index contributed by atoms with van der Waals surface area (Å²) in [5.74, 6) is 0. The Labute approximate surface area is 162 Å². The van der Waals surface area contributed by atoms with Crippen molar-refractivity contribution in [1.29, 1.82) is 0 Å². The molecule has 0 saturated carbocycles. The van der Waals surface area contributed by atoms with E-state index in [9.17, 15) is 34.8 Å². The SMILES string of the molecule is O=S(=O)(NCc1cc(C(F)(F)F)cc(C(F)(F)F)c1)c1ccc2ccccc2c1. The van der Waals surface area contributed by atoms with Gasteiger partial charge in [0.25, 0.3) is 0 Å². The van der Waals surface area contributed by atoms with E-state index < -0.39 is 45.6 Å².